The van der Waals surface area contributed by atoms with E-state index in [9.17, 15) is 15.2 Å². The van der Waals surface area contributed by atoms with E-state index in [1.807, 2.05) is 0 Å². The molecule has 0 radical (unpaired) electrons. The number of nitro groups is 1. The second-order valence-electron chi connectivity index (χ2n) is 6.53. The van der Waals surface area contributed by atoms with Gasteiger partial charge in [-0.05, 0) is 31.7 Å². The van der Waals surface area contributed by atoms with Crippen molar-refractivity contribution in [2.75, 3.05) is 18.4 Å². The summed E-state index contributed by atoms with van der Waals surface area (Å²) in [7, 11) is 0. The van der Waals surface area contributed by atoms with Crippen molar-refractivity contribution in [3.8, 4) is 0 Å². The Bertz CT molecular complexity index is 529. The standard InChI is InChI=1S/C16H24N4O3/c21-15-4-2-1-3-14(15)19-9-7-12(8-10-19)18-16-6-5-13(11-17-16)20(22)23/h5-6,11-12,14-15,21H,1-4,7-10H2,(H,17,18). The summed E-state index contributed by atoms with van der Waals surface area (Å²) in [6.07, 6.45) is 7.50. The molecule has 7 heteroatoms. The van der Waals surface area contributed by atoms with Crippen molar-refractivity contribution in [2.45, 2.75) is 56.7 Å². The van der Waals surface area contributed by atoms with Crippen molar-refractivity contribution < 1.29 is 10.0 Å². The zero-order valence-electron chi connectivity index (χ0n) is 13.2. The van der Waals surface area contributed by atoms with E-state index in [0.717, 1.165) is 45.2 Å². The molecule has 7 nitrogen and oxygen atoms in total. The fraction of sp³-hybridized carbons (Fsp3) is 0.688. The SMILES string of the molecule is O=[N+]([O-])c1ccc(NC2CCN(C3CCCCC3O)CC2)nc1. The molecule has 126 valence electrons. The van der Waals surface area contributed by atoms with Gasteiger partial charge >= 0.3 is 0 Å². The number of aliphatic hydroxyl groups excluding tert-OH is 1. The summed E-state index contributed by atoms with van der Waals surface area (Å²) in [6.45, 7) is 1.96. The quantitative estimate of drug-likeness (QED) is 0.652. The minimum Gasteiger partial charge on any atom is -0.391 e. The van der Waals surface area contributed by atoms with Gasteiger partial charge in [-0.15, -0.1) is 0 Å². The molecule has 1 aromatic heterocycles. The maximum atomic E-state index is 10.6. The van der Waals surface area contributed by atoms with E-state index in [2.05, 4.69) is 15.2 Å². The van der Waals surface area contributed by atoms with Gasteiger partial charge in [0.25, 0.3) is 5.69 Å². The highest BCUT2D eigenvalue weighted by molar-refractivity contribution is 5.40. The van der Waals surface area contributed by atoms with Crippen LogP contribution in [-0.4, -0.2) is 51.2 Å². The molecule has 1 aromatic rings. The summed E-state index contributed by atoms with van der Waals surface area (Å²) < 4.78 is 0. The van der Waals surface area contributed by atoms with Crippen molar-refractivity contribution in [1.82, 2.24) is 9.88 Å². The van der Waals surface area contributed by atoms with E-state index < -0.39 is 4.92 Å². The van der Waals surface area contributed by atoms with Crippen LogP contribution in [0.15, 0.2) is 18.3 Å². The number of aliphatic hydroxyl groups is 1. The summed E-state index contributed by atoms with van der Waals surface area (Å²) in [5, 5.41) is 24.2. The van der Waals surface area contributed by atoms with Crippen LogP contribution in [0.5, 0.6) is 0 Å². The smallest absolute Gasteiger partial charge is 0.287 e. The number of anilines is 1. The van der Waals surface area contributed by atoms with Crippen LogP contribution in [0, 0.1) is 10.1 Å². The summed E-state index contributed by atoms with van der Waals surface area (Å²) >= 11 is 0. The Morgan fingerprint density at radius 1 is 1.22 bits per heavy atom. The molecule has 2 aliphatic rings. The van der Waals surface area contributed by atoms with Crippen LogP contribution in [0.25, 0.3) is 0 Å². The highest BCUT2D eigenvalue weighted by Crippen LogP contribution is 2.26. The molecule has 1 saturated heterocycles. The number of hydrogen-bond donors (Lipinski definition) is 2. The number of pyridine rings is 1. The molecule has 1 aliphatic carbocycles. The molecule has 0 spiro atoms. The Labute approximate surface area is 135 Å². The molecular weight excluding hydrogens is 296 g/mol. The number of rotatable bonds is 4. The predicted octanol–water partition coefficient (Wildman–Crippen LogP) is 2.17. The molecule has 0 bridgehead atoms. The molecule has 2 heterocycles. The van der Waals surface area contributed by atoms with Gasteiger partial charge in [0, 0.05) is 31.2 Å². The van der Waals surface area contributed by atoms with Crippen LogP contribution in [-0.2, 0) is 0 Å². The third-order valence-electron chi connectivity index (χ3n) is 5.00. The largest absolute Gasteiger partial charge is 0.391 e. The van der Waals surface area contributed by atoms with Crippen LogP contribution in [0.4, 0.5) is 11.5 Å². The van der Waals surface area contributed by atoms with E-state index in [4.69, 9.17) is 0 Å². The first-order chi connectivity index (χ1) is 11.1. The maximum Gasteiger partial charge on any atom is 0.287 e. The first-order valence-electron chi connectivity index (χ1n) is 8.42. The Morgan fingerprint density at radius 3 is 2.57 bits per heavy atom. The molecule has 2 atom stereocenters. The second-order valence-corrected chi connectivity index (χ2v) is 6.53. The zero-order valence-corrected chi connectivity index (χ0v) is 13.2. The summed E-state index contributed by atoms with van der Waals surface area (Å²) in [6, 6.07) is 3.79. The minimum atomic E-state index is -0.440. The topological polar surface area (TPSA) is 91.5 Å². The van der Waals surface area contributed by atoms with E-state index in [0.29, 0.717) is 17.9 Å². The van der Waals surface area contributed by atoms with Gasteiger partial charge in [-0.25, -0.2) is 4.98 Å². The van der Waals surface area contributed by atoms with Gasteiger partial charge in [-0.1, -0.05) is 12.8 Å². The van der Waals surface area contributed by atoms with E-state index >= 15 is 0 Å². The molecule has 23 heavy (non-hydrogen) atoms. The third-order valence-corrected chi connectivity index (χ3v) is 5.00. The van der Waals surface area contributed by atoms with Crippen molar-refractivity contribution in [2.24, 2.45) is 0 Å². The lowest BCUT2D eigenvalue weighted by Crippen LogP contribution is -2.50. The normalized spacial score (nSPS) is 26.8. The minimum absolute atomic E-state index is 0.0108. The van der Waals surface area contributed by atoms with Crippen LogP contribution < -0.4 is 5.32 Å². The third kappa shape index (κ3) is 3.97. The Balaban J connectivity index is 1.50. The van der Waals surface area contributed by atoms with Crippen LogP contribution in [0.2, 0.25) is 0 Å². The predicted molar refractivity (Wildman–Crippen MR) is 87.4 cm³/mol. The monoisotopic (exact) mass is 320 g/mol. The van der Waals surface area contributed by atoms with Crippen molar-refractivity contribution >= 4 is 11.5 Å². The molecule has 0 aromatic carbocycles. The molecule has 2 fully saturated rings. The lowest BCUT2D eigenvalue weighted by atomic mass is 9.89. The van der Waals surface area contributed by atoms with Crippen molar-refractivity contribution in [3.05, 3.63) is 28.4 Å². The van der Waals surface area contributed by atoms with Crippen molar-refractivity contribution in [1.29, 1.82) is 0 Å². The fourth-order valence-corrected chi connectivity index (χ4v) is 3.68. The molecule has 2 unspecified atom stereocenters. The molecule has 0 amide bonds. The number of nitrogens with zero attached hydrogens (tertiary/aromatic N) is 3. The number of piperidine rings is 1. The summed E-state index contributed by atoms with van der Waals surface area (Å²) in [5.74, 6) is 0.687. The lowest BCUT2D eigenvalue weighted by Gasteiger charge is -2.41. The van der Waals surface area contributed by atoms with Gasteiger partial charge in [-0.3, -0.25) is 15.0 Å². The summed E-state index contributed by atoms with van der Waals surface area (Å²) in [5.41, 5.74) is 0.0108. The Morgan fingerprint density at radius 2 is 1.96 bits per heavy atom. The molecule has 1 aliphatic heterocycles. The average Bonchev–Trinajstić information content (AvgIpc) is 2.57. The van der Waals surface area contributed by atoms with Gasteiger partial charge in [0.2, 0.25) is 0 Å². The molecule has 1 saturated carbocycles. The number of likely N-dealkylation sites (tertiary alicyclic amines) is 1. The summed E-state index contributed by atoms with van der Waals surface area (Å²) in [4.78, 5) is 16.7. The number of aromatic nitrogens is 1. The van der Waals surface area contributed by atoms with Gasteiger partial charge in [0.15, 0.2) is 0 Å². The Hall–Kier alpha value is -1.73. The number of hydrogen-bond acceptors (Lipinski definition) is 6. The van der Waals surface area contributed by atoms with E-state index in [-0.39, 0.29) is 11.8 Å². The Kier molecular flexibility index (Phi) is 5.07. The fourth-order valence-electron chi connectivity index (χ4n) is 3.68. The zero-order chi connectivity index (χ0) is 16.2. The van der Waals surface area contributed by atoms with Crippen LogP contribution >= 0.6 is 0 Å². The lowest BCUT2D eigenvalue weighted by molar-refractivity contribution is -0.385. The van der Waals surface area contributed by atoms with Crippen LogP contribution in [0.1, 0.15) is 38.5 Å². The second kappa shape index (κ2) is 7.23. The van der Waals surface area contributed by atoms with Gasteiger partial charge in [0.05, 0.1) is 11.0 Å². The molecule has 3 rings (SSSR count). The highest BCUT2D eigenvalue weighted by atomic mass is 16.6. The average molecular weight is 320 g/mol. The number of nitrogens with one attached hydrogen (secondary N) is 1. The maximum absolute atomic E-state index is 10.6. The van der Waals surface area contributed by atoms with Gasteiger partial charge < -0.3 is 10.4 Å². The highest BCUT2D eigenvalue weighted by Gasteiger charge is 2.31. The van der Waals surface area contributed by atoms with Crippen LogP contribution in [0.3, 0.4) is 0 Å². The molecular formula is C16H24N4O3. The van der Waals surface area contributed by atoms with E-state index in [1.54, 1.807) is 6.07 Å². The van der Waals surface area contributed by atoms with Gasteiger partial charge in [0.1, 0.15) is 12.0 Å². The van der Waals surface area contributed by atoms with Gasteiger partial charge in [-0.2, -0.15) is 0 Å². The molecule has 2 N–H and O–H groups in total. The first-order valence-corrected chi connectivity index (χ1v) is 8.42. The first kappa shape index (κ1) is 16.1. The van der Waals surface area contributed by atoms with Crippen molar-refractivity contribution in [3.63, 3.8) is 0 Å². The van der Waals surface area contributed by atoms with E-state index in [1.165, 1.54) is 18.7 Å².